The zero-order valence-electron chi connectivity index (χ0n) is 9.51. The number of benzene rings is 1. The van der Waals surface area contributed by atoms with Crippen LogP contribution in [0.15, 0.2) is 35.5 Å². The molecule has 2 N–H and O–H groups in total. The number of oxime groups is 1. The summed E-state index contributed by atoms with van der Waals surface area (Å²) in [6, 6.07) is 9.64. The summed E-state index contributed by atoms with van der Waals surface area (Å²) in [5.41, 5.74) is 6.66. The Hall–Kier alpha value is -1.84. The third-order valence-electron chi connectivity index (χ3n) is 1.95. The zero-order chi connectivity index (χ0) is 12.0. The van der Waals surface area contributed by atoms with Crippen molar-refractivity contribution in [1.82, 2.24) is 0 Å². The molecule has 0 aliphatic carbocycles. The number of nitrogens with zero attached hydrogens (tertiary/aromatic N) is 1. The molecule has 0 unspecified atom stereocenters. The number of carbonyl (C=O) groups excluding carboxylic acids is 1. The lowest BCUT2D eigenvalue weighted by atomic mass is 10.1. The van der Waals surface area contributed by atoms with Crippen molar-refractivity contribution >= 4 is 11.8 Å². The molecule has 0 saturated heterocycles. The molecule has 16 heavy (non-hydrogen) atoms. The summed E-state index contributed by atoms with van der Waals surface area (Å²) in [5.74, 6) is -0.288. The van der Waals surface area contributed by atoms with E-state index in [4.69, 9.17) is 5.73 Å². The summed E-state index contributed by atoms with van der Waals surface area (Å²) < 4.78 is 0. The van der Waals surface area contributed by atoms with E-state index in [1.54, 1.807) is 13.8 Å². The van der Waals surface area contributed by atoms with Gasteiger partial charge in [-0.1, -0.05) is 49.3 Å². The van der Waals surface area contributed by atoms with Gasteiger partial charge in [-0.05, 0) is 5.56 Å². The highest BCUT2D eigenvalue weighted by Gasteiger charge is 2.08. The monoisotopic (exact) mass is 220 g/mol. The van der Waals surface area contributed by atoms with Crippen molar-refractivity contribution in [3.05, 3.63) is 35.9 Å². The van der Waals surface area contributed by atoms with E-state index in [0.29, 0.717) is 12.3 Å². The van der Waals surface area contributed by atoms with Gasteiger partial charge in [0.1, 0.15) is 5.84 Å². The highest BCUT2D eigenvalue weighted by molar-refractivity contribution is 5.83. The fourth-order valence-electron chi connectivity index (χ4n) is 1.05. The average molecular weight is 220 g/mol. The number of carbonyl (C=O) groups is 1. The molecule has 0 fully saturated rings. The quantitative estimate of drug-likeness (QED) is 0.363. The maximum atomic E-state index is 11.1. The molecular formula is C12H16N2O2. The summed E-state index contributed by atoms with van der Waals surface area (Å²) in [6.45, 7) is 3.48. The number of amidine groups is 1. The van der Waals surface area contributed by atoms with Gasteiger partial charge < -0.3 is 10.6 Å². The van der Waals surface area contributed by atoms with E-state index >= 15 is 0 Å². The van der Waals surface area contributed by atoms with Crippen LogP contribution in [0.2, 0.25) is 0 Å². The van der Waals surface area contributed by atoms with E-state index < -0.39 is 0 Å². The third kappa shape index (κ3) is 4.13. The van der Waals surface area contributed by atoms with E-state index in [1.807, 2.05) is 30.3 Å². The van der Waals surface area contributed by atoms with Gasteiger partial charge in [0, 0.05) is 6.42 Å². The van der Waals surface area contributed by atoms with Crippen molar-refractivity contribution in [3.8, 4) is 0 Å². The molecule has 4 nitrogen and oxygen atoms in total. The van der Waals surface area contributed by atoms with Crippen molar-refractivity contribution in [2.45, 2.75) is 20.3 Å². The summed E-state index contributed by atoms with van der Waals surface area (Å²) in [4.78, 5) is 15.8. The predicted octanol–water partition coefficient (Wildman–Crippen LogP) is 1.70. The van der Waals surface area contributed by atoms with Crippen LogP contribution in [0, 0.1) is 5.92 Å². The number of hydrogen-bond donors (Lipinski definition) is 1. The molecule has 0 atom stereocenters. The van der Waals surface area contributed by atoms with Crippen LogP contribution < -0.4 is 5.73 Å². The topological polar surface area (TPSA) is 64.7 Å². The first kappa shape index (κ1) is 12.2. The first-order valence-corrected chi connectivity index (χ1v) is 5.16. The Bertz CT molecular complexity index is 372. The Morgan fingerprint density at radius 2 is 2.00 bits per heavy atom. The SMILES string of the molecule is CC(C)C(=O)O/N=C(/N)Cc1ccccc1. The molecule has 0 heterocycles. The van der Waals surface area contributed by atoms with Crippen LogP contribution in [0.4, 0.5) is 0 Å². The summed E-state index contributed by atoms with van der Waals surface area (Å²) in [7, 11) is 0. The standard InChI is InChI=1S/C12H16N2O2/c1-9(2)12(15)16-14-11(13)8-10-6-4-3-5-7-10/h3-7,9H,8H2,1-2H3,(H2,13,14). The van der Waals surface area contributed by atoms with E-state index in [1.165, 1.54) is 0 Å². The van der Waals surface area contributed by atoms with E-state index in [0.717, 1.165) is 5.56 Å². The average Bonchev–Trinajstić information content (AvgIpc) is 2.27. The fraction of sp³-hybridized carbons (Fsp3) is 0.333. The molecule has 0 aliphatic heterocycles. The number of rotatable bonds is 4. The Balaban J connectivity index is 2.49. The maximum Gasteiger partial charge on any atom is 0.337 e. The molecule has 1 aromatic carbocycles. The number of hydrogen-bond acceptors (Lipinski definition) is 3. The van der Waals surface area contributed by atoms with E-state index in [2.05, 4.69) is 9.99 Å². The molecule has 0 aliphatic rings. The minimum absolute atomic E-state index is 0.201. The Kier molecular flexibility index (Phi) is 4.51. The predicted molar refractivity (Wildman–Crippen MR) is 62.7 cm³/mol. The molecule has 1 aromatic rings. The Morgan fingerprint density at radius 3 is 2.56 bits per heavy atom. The van der Waals surface area contributed by atoms with E-state index in [9.17, 15) is 4.79 Å². The Morgan fingerprint density at radius 1 is 1.38 bits per heavy atom. The smallest absolute Gasteiger partial charge is 0.337 e. The molecule has 86 valence electrons. The lowest BCUT2D eigenvalue weighted by Gasteiger charge is -2.02. The molecule has 0 saturated carbocycles. The summed E-state index contributed by atoms with van der Waals surface area (Å²) >= 11 is 0. The molecule has 0 radical (unpaired) electrons. The van der Waals surface area contributed by atoms with Crippen LogP contribution in [0.3, 0.4) is 0 Å². The van der Waals surface area contributed by atoms with Gasteiger partial charge in [0.05, 0.1) is 5.92 Å². The van der Waals surface area contributed by atoms with Crippen molar-refractivity contribution in [1.29, 1.82) is 0 Å². The molecule has 4 heteroatoms. The summed E-state index contributed by atoms with van der Waals surface area (Å²) in [5, 5.41) is 3.59. The van der Waals surface area contributed by atoms with Gasteiger partial charge in [0.15, 0.2) is 0 Å². The molecular weight excluding hydrogens is 204 g/mol. The van der Waals surface area contributed by atoms with Gasteiger partial charge in [-0.25, -0.2) is 4.79 Å². The second-order valence-corrected chi connectivity index (χ2v) is 3.81. The second-order valence-electron chi connectivity index (χ2n) is 3.81. The third-order valence-corrected chi connectivity index (χ3v) is 1.95. The van der Waals surface area contributed by atoms with E-state index in [-0.39, 0.29) is 11.9 Å². The number of nitrogens with two attached hydrogens (primary N) is 1. The van der Waals surface area contributed by atoms with Crippen LogP contribution in [0.1, 0.15) is 19.4 Å². The molecule has 0 spiro atoms. The molecule has 0 amide bonds. The largest absolute Gasteiger partial charge is 0.384 e. The van der Waals surface area contributed by atoms with Crippen LogP contribution in [0.5, 0.6) is 0 Å². The van der Waals surface area contributed by atoms with Crippen LogP contribution >= 0.6 is 0 Å². The normalized spacial score (nSPS) is 11.6. The van der Waals surface area contributed by atoms with Gasteiger partial charge in [-0.15, -0.1) is 0 Å². The van der Waals surface area contributed by atoms with Crippen molar-refractivity contribution in [2.24, 2.45) is 16.8 Å². The van der Waals surface area contributed by atoms with Gasteiger partial charge in [0.2, 0.25) is 0 Å². The molecule has 0 bridgehead atoms. The van der Waals surface area contributed by atoms with Gasteiger partial charge in [0.25, 0.3) is 0 Å². The lowest BCUT2D eigenvalue weighted by molar-refractivity contribution is -0.147. The molecule has 1 rings (SSSR count). The van der Waals surface area contributed by atoms with Gasteiger partial charge >= 0.3 is 5.97 Å². The van der Waals surface area contributed by atoms with Gasteiger partial charge in [-0.2, -0.15) is 0 Å². The maximum absolute atomic E-state index is 11.1. The first-order valence-electron chi connectivity index (χ1n) is 5.16. The van der Waals surface area contributed by atoms with Crippen LogP contribution in [0.25, 0.3) is 0 Å². The van der Waals surface area contributed by atoms with Crippen molar-refractivity contribution in [2.75, 3.05) is 0 Å². The van der Waals surface area contributed by atoms with Gasteiger partial charge in [-0.3, -0.25) is 0 Å². The van der Waals surface area contributed by atoms with Crippen LogP contribution in [-0.2, 0) is 16.1 Å². The highest BCUT2D eigenvalue weighted by Crippen LogP contribution is 2.00. The minimum atomic E-state index is -0.379. The zero-order valence-corrected chi connectivity index (χ0v) is 9.51. The highest BCUT2D eigenvalue weighted by atomic mass is 16.7. The second kappa shape index (κ2) is 5.90. The lowest BCUT2D eigenvalue weighted by Crippen LogP contribution is -2.18. The fourth-order valence-corrected chi connectivity index (χ4v) is 1.05. The van der Waals surface area contributed by atoms with Crippen molar-refractivity contribution < 1.29 is 9.63 Å². The molecule has 0 aromatic heterocycles. The Labute approximate surface area is 95.1 Å². The minimum Gasteiger partial charge on any atom is -0.384 e. The first-order chi connectivity index (χ1) is 7.59. The van der Waals surface area contributed by atoms with Crippen LogP contribution in [-0.4, -0.2) is 11.8 Å². The van der Waals surface area contributed by atoms with Crippen molar-refractivity contribution in [3.63, 3.8) is 0 Å². The summed E-state index contributed by atoms with van der Waals surface area (Å²) in [6.07, 6.45) is 0.478.